The van der Waals surface area contributed by atoms with Crippen molar-refractivity contribution in [3.8, 4) is 11.5 Å². The number of hydrogen-bond donors (Lipinski definition) is 1. The third kappa shape index (κ3) is 3.03. The summed E-state index contributed by atoms with van der Waals surface area (Å²) < 4.78 is 10.7. The smallest absolute Gasteiger partial charge is 0.262 e. The molecule has 1 N–H and O–H groups in total. The van der Waals surface area contributed by atoms with Gasteiger partial charge in [-0.15, -0.1) is 0 Å². The van der Waals surface area contributed by atoms with Crippen molar-refractivity contribution < 1.29 is 14.3 Å². The number of benzene rings is 2. The van der Waals surface area contributed by atoms with Gasteiger partial charge in [0, 0.05) is 11.9 Å². The summed E-state index contributed by atoms with van der Waals surface area (Å²) in [6, 6.07) is 16.9. The summed E-state index contributed by atoms with van der Waals surface area (Å²) in [6.07, 6.45) is 1.25. The van der Waals surface area contributed by atoms with Gasteiger partial charge in [-0.1, -0.05) is 6.07 Å². The number of amides is 1. The van der Waals surface area contributed by atoms with Gasteiger partial charge in [0.25, 0.3) is 5.91 Å². The molecular weight excluding hydrogens is 354 g/mol. The number of nitrogens with one attached hydrogen (secondary N) is 1. The van der Waals surface area contributed by atoms with Crippen LogP contribution in [0.2, 0.25) is 0 Å². The summed E-state index contributed by atoms with van der Waals surface area (Å²) in [7, 11) is 3.24. The number of nitrogens with zero attached hydrogens (tertiary/aromatic N) is 2. The highest BCUT2D eigenvalue weighted by Gasteiger charge is 2.39. The number of aromatic nitrogens is 1. The summed E-state index contributed by atoms with van der Waals surface area (Å²) in [5.41, 5.74) is 3.92. The molecule has 4 rings (SSSR count). The maximum absolute atomic E-state index is 13.2. The minimum atomic E-state index is -0.451. The van der Waals surface area contributed by atoms with E-state index in [2.05, 4.69) is 10.3 Å². The van der Waals surface area contributed by atoms with Crippen molar-refractivity contribution >= 4 is 17.3 Å². The van der Waals surface area contributed by atoms with Gasteiger partial charge in [0.2, 0.25) is 0 Å². The van der Waals surface area contributed by atoms with Crippen LogP contribution in [0.3, 0.4) is 0 Å². The van der Waals surface area contributed by atoms with Gasteiger partial charge >= 0.3 is 0 Å². The van der Waals surface area contributed by atoms with Crippen LogP contribution in [0.5, 0.6) is 11.5 Å². The molecule has 6 nitrogen and oxygen atoms in total. The SMILES string of the molecule is COc1ccc(N2C(=O)c3cccnc3[C@H]2Nc2cc(C)ccc2OC)cc1. The first-order valence-electron chi connectivity index (χ1n) is 8.96. The third-order valence-electron chi connectivity index (χ3n) is 4.80. The van der Waals surface area contributed by atoms with Crippen molar-refractivity contribution in [1.82, 2.24) is 4.98 Å². The predicted octanol–water partition coefficient (Wildman–Crippen LogP) is 4.18. The molecule has 0 radical (unpaired) electrons. The second-order valence-corrected chi connectivity index (χ2v) is 6.56. The Kier molecular flexibility index (Phi) is 4.61. The zero-order valence-electron chi connectivity index (χ0n) is 16.0. The van der Waals surface area contributed by atoms with Gasteiger partial charge in [0.1, 0.15) is 11.5 Å². The summed E-state index contributed by atoms with van der Waals surface area (Å²) in [5, 5.41) is 3.45. The quantitative estimate of drug-likeness (QED) is 0.725. The average Bonchev–Trinajstić information content (AvgIpc) is 3.00. The molecule has 0 saturated carbocycles. The van der Waals surface area contributed by atoms with E-state index in [-0.39, 0.29) is 5.91 Å². The Morgan fingerprint density at radius 1 is 1.04 bits per heavy atom. The zero-order valence-corrected chi connectivity index (χ0v) is 16.0. The van der Waals surface area contributed by atoms with Crippen LogP contribution < -0.4 is 19.7 Å². The second kappa shape index (κ2) is 7.23. The highest BCUT2D eigenvalue weighted by molar-refractivity contribution is 6.11. The number of ether oxygens (including phenoxy) is 2. The Labute approximate surface area is 163 Å². The molecule has 0 bridgehead atoms. The van der Waals surface area contributed by atoms with Crippen LogP contribution in [-0.4, -0.2) is 25.1 Å². The van der Waals surface area contributed by atoms with Crippen molar-refractivity contribution in [2.24, 2.45) is 0 Å². The molecule has 1 aliphatic rings. The first-order chi connectivity index (χ1) is 13.6. The van der Waals surface area contributed by atoms with E-state index in [9.17, 15) is 4.79 Å². The van der Waals surface area contributed by atoms with E-state index >= 15 is 0 Å². The minimum Gasteiger partial charge on any atom is -0.497 e. The summed E-state index contributed by atoms with van der Waals surface area (Å²) in [5.74, 6) is 1.34. The van der Waals surface area contributed by atoms with E-state index in [1.54, 1.807) is 37.4 Å². The third-order valence-corrected chi connectivity index (χ3v) is 4.80. The first-order valence-corrected chi connectivity index (χ1v) is 8.96. The number of aryl methyl sites for hydroxylation is 1. The van der Waals surface area contributed by atoms with Gasteiger partial charge in [0.15, 0.2) is 6.17 Å². The number of carbonyl (C=O) groups is 1. The van der Waals surface area contributed by atoms with Gasteiger partial charge in [-0.3, -0.25) is 14.7 Å². The van der Waals surface area contributed by atoms with E-state index in [4.69, 9.17) is 9.47 Å². The molecule has 1 atom stereocenters. The van der Waals surface area contributed by atoms with Crippen LogP contribution in [0.25, 0.3) is 0 Å². The van der Waals surface area contributed by atoms with Crippen LogP contribution >= 0.6 is 0 Å². The Bertz CT molecular complexity index is 1020. The van der Waals surface area contributed by atoms with Gasteiger partial charge < -0.3 is 14.8 Å². The van der Waals surface area contributed by atoms with Crippen LogP contribution in [0.1, 0.15) is 27.8 Å². The number of fused-ring (bicyclic) bond motifs is 1. The standard InChI is InChI=1S/C22H21N3O3/c1-14-6-11-19(28-3)18(13-14)24-21-20-17(5-4-12-23-20)22(26)25(21)15-7-9-16(27-2)10-8-15/h4-13,21,24H,1-3H3/t21-/m0/s1. The van der Waals surface area contributed by atoms with Crippen LogP contribution in [0.4, 0.5) is 11.4 Å². The molecule has 2 heterocycles. The zero-order chi connectivity index (χ0) is 19.7. The molecule has 1 aromatic heterocycles. The number of rotatable bonds is 5. The lowest BCUT2D eigenvalue weighted by molar-refractivity contribution is 0.0993. The molecule has 0 spiro atoms. The molecule has 0 unspecified atom stereocenters. The molecule has 0 aliphatic carbocycles. The highest BCUT2D eigenvalue weighted by atomic mass is 16.5. The van der Waals surface area contributed by atoms with Crippen molar-refractivity contribution in [1.29, 1.82) is 0 Å². The molecule has 3 aromatic rings. The van der Waals surface area contributed by atoms with E-state index < -0.39 is 6.17 Å². The molecule has 0 saturated heterocycles. The van der Waals surface area contributed by atoms with E-state index in [0.29, 0.717) is 17.0 Å². The number of anilines is 2. The summed E-state index contributed by atoms with van der Waals surface area (Å²) in [6.45, 7) is 2.01. The maximum Gasteiger partial charge on any atom is 0.262 e. The van der Waals surface area contributed by atoms with E-state index in [1.165, 1.54) is 0 Å². The van der Waals surface area contributed by atoms with Crippen LogP contribution in [0.15, 0.2) is 60.8 Å². The molecule has 0 fully saturated rings. The van der Waals surface area contributed by atoms with Crippen molar-refractivity contribution in [3.63, 3.8) is 0 Å². The Hall–Kier alpha value is -3.54. The van der Waals surface area contributed by atoms with Crippen molar-refractivity contribution in [3.05, 3.63) is 77.6 Å². The number of hydrogen-bond acceptors (Lipinski definition) is 5. The molecule has 28 heavy (non-hydrogen) atoms. The van der Waals surface area contributed by atoms with Gasteiger partial charge in [-0.25, -0.2) is 0 Å². The van der Waals surface area contributed by atoms with Gasteiger partial charge in [-0.05, 0) is 61.0 Å². The molecule has 6 heteroatoms. The fraction of sp³-hybridized carbons (Fsp3) is 0.182. The molecule has 1 amide bonds. The predicted molar refractivity (Wildman–Crippen MR) is 108 cm³/mol. The molecule has 142 valence electrons. The van der Waals surface area contributed by atoms with Crippen molar-refractivity contribution in [2.45, 2.75) is 13.1 Å². The maximum atomic E-state index is 13.2. The van der Waals surface area contributed by atoms with E-state index in [1.807, 2.05) is 49.4 Å². The Morgan fingerprint density at radius 2 is 1.82 bits per heavy atom. The van der Waals surface area contributed by atoms with Crippen LogP contribution in [0, 0.1) is 6.92 Å². The normalized spacial score (nSPS) is 15.3. The minimum absolute atomic E-state index is 0.0996. The van der Waals surface area contributed by atoms with Crippen molar-refractivity contribution in [2.75, 3.05) is 24.4 Å². The number of methoxy groups -OCH3 is 2. The Balaban J connectivity index is 1.79. The topological polar surface area (TPSA) is 63.7 Å². The van der Waals surface area contributed by atoms with E-state index in [0.717, 1.165) is 22.7 Å². The molecule has 2 aromatic carbocycles. The second-order valence-electron chi connectivity index (χ2n) is 6.56. The molecular formula is C22H21N3O3. The fourth-order valence-corrected chi connectivity index (χ4v) is 3.41. The first kappa shape index (κ1) is 17.9. The summed E-state index contributed by atoms with van der Waals surface area (Å²) >= 11 is 0. The number of pyridine rings is 1. The fourth-order valence-electron chi connectivity index (χ4n) is 3.41. The monoisotopic (exact) mass is 375 g/mol. The number of carbonyl (C=O) groups excluding carboxylic acids is 1. The largest absolute Gasteiger partial charge is 0.497 e. The lowest BCUT2D eigenvalue weighted by Crippen LogP contribution is -2.32. The lowest BCUT2D eigenvalue weighted by Gasteiger charge is -2.27. The highest BCUT2D eigenvalue weighted by Crippen LogP contribution is 2.39. The molecule has 1 aliphatic heterocycles. The summed E-state index contributed by atoms with van der Waals surface area (Å²) in [4.78, 5) is 19.3. The van der Waals surface area contributed by atoms with Gasteiger partial charge in [0.05, 0.1) is 31.2 Å². The average molecular weight is 375 g/mol. The van der Waals surface area contributed by atoms with Crippen LogP contribution in [-0.2, 0) is 0 Å². The van der Waals surface area contributed by atoms with Gasteiger partial charge in [-0.2, -0.15) is 0 Å². The Morgan fingerprint density at radius 3 is 2.54 bits per heavy atom. The lowest BCUT2D eigenvalue weighted by atomic mass is 10.1.